The minimum absolute atomic E-state index is 0.121. The average molecular weight is 1060 g/mol. The summed E-state index contributed by atoms with van der Waals surface area (Å²) >= 11 is 29.6. The van der Waals surface area contributed by atoms with Crippen molar-refractivity contribution in [2.45, 2.75) is 99.6 Å². The van der Waals surface area contributed by atoms with Gasteiger partial charge < -0.3 is 28.5 Å². The number of hydrogen-bond acceptors (Lipinski definition) is 10. The molecule has 0 fully saturated rings. The zero-order valence-corrected chi connectivity index (χ0v) is 45.5. The third kappa shape index (κ3) is 16.1. The molecule has 0 spiro atoms. The number of methoxy groups -OCH3 is 4. The Morgan fingerprint density at radius 2 is 0.818 bits per heavy atom. The maximum absolute atomic E-state index is 12.7. The van der Waals surface area contributed by atoms with Gasteiger partial charge in [0, 0.05) is 24.3 Å². The van der Waals surface area contributed by atoms with Crippen LogP contribution in [0.25, 0.3) is 11.1 Å². The summed E-state index contributed by atoms with van der Waals surface area (Å²) in [4.78, 5) is 25.8. The van der Waals surface area contributed by atoms with Gasteiger partial charge in [0.2, 0.25) is 0 Å². The Balaban J connectivity index is 0.000000351. The minimum atomic E-state index is -1.31. The number of Topliss-reactive ketones (excluding diaryl/α,β-unsaturated/α-hetero) is 2. The number of halogens is 4. The van der Waals surface area contributed by atoms with E-state index in [4.69, 9.17) is 65.4 Å². The Labute approximate surface area is 425 Å². The first kappa shape index (κ1) is 57.4. The van der Waals surface area contributed by atoms with E-state index in [9.17, 15) is 18.0 Å². The van der Waals surface area contributed by atoms with E-state index in [2.05, 4.69) is 32.1 Å². The van der Waals surface area contributed by atoms with Crippen LogP contribution in [-0.2, 0) is 31.2 Å². The quantitative estimate of drug-likeness (QED) is 0.0497. The summed E-state index contributed by atoms with van der Waals surface area (Å²) < 4.78 is 47.4. The molecule has 2 unspecified atom stereocenters. The first-order valence-corrected chi connectivity index (χ1v) is 27.6. The van der Waals surface area contributed by atoms with Crippen molar-refractivity contribution in [3.63, 3.8) is 0 Å². The fourth-order valence-corrected chi connectivity index (χ4v) is 11.9. The van der Waals surface area contributed by atoms with Gasteiger partial charge in [0.05, 0.1) is 89.7 Å². The van der Waals surface area contributed by atoms with Gasteiger partial charge >= 0.3 is 0 Å². The highest BCUT2D eigenvalue weighted by Gasteiger charge is 2.22. The first-order chi connectivity index (χ1) is 31.5. The Morgan fingerprint density at radius 1 is 0.515 bits per heavy atom. The Kier molecular flexibility index (Phi) is 25.4. The van der Waals surface area contributed by atoms with Crippen molar-refractivity contribution in [2.24, 2.45) is 0 Å². The third-order valence-corrected chi connectivity index (χ3v) is 15.4. The maximum Gasteiger partial charge on any atom is 0.153 e. The van der Waals surface area contributed by atoms with Crippen LogP contribution in [-0.4, -0.2) is 71.4 Å². The van der Waals surface area contributed by atoms with Crippen LogP contribution in [0, 0.1) is 0 Å². The fraction of sp³-hybridized carbons (Fsp3) is 0.400. The highest BCUT2D eigenvalue weighted by molar-refractivity contribution is 7.99. The molecule has 4 rings (SSSR count). The number of thioether (sulfide) groups is 2. The van der Waals surface area contributed by atoms with Crippen molar-refractivity contribution < 1.29 is 37.0 Å². The van der Waals surface area contributed by atoms with Gasteiger partial charge in [-0.2, -0.15) is 0 Å². The Bertz CT molecular complexity index is 2300. The molecule has 0 aromatic heterocycles. The molecule has 0 aliphatic heterocycles. The molecule has 0 aliphatic rings. The number of unbranched alkanes of at least 4 members (excludes halogenated alkanes) is 2. The van der Waals surface area contributed by atoms with Crippen molar-refractivity contribution in [3.8, 4) is 23.0 Å². The summed E-state index contributed by atoms with van der Waals surface area (Å²) in [5.41, 5.74) is 5.23. The number of carbonyl (C=O) groups is 2. The second-order valence-corrected chi connectivity index (χ2v) is 22.2. The Morgan fingerprint density at radius 3 is 1.09 bits per heavy atom. The predicted molar refractivity (Wildman–Crippen MR) is 282 cm³/mol. The zero-order chi connectivity index (χ0) is 49.1. The lowest BCUT2D eigenvalue weighted by Gasteiger charge is -2.17. The molecule has 0 saturated carbocycles. The van der Waals surface area contributed by atoms with Gasteiger partial charge in [0.1, 0.15) is 11.6 Å². The monoisotopic (exact) mass is 1060 g/mol. The van der Waals surface area contributed by atoms with Crippen LogP contribution in [0.2, 0.25) is 20.1 Å². The van der Waals surface area contributed by atoms with E-state index < -0.39 is 21.6 Å². The van der Waals surface area contributed by atoms with Crippen LogP contribution >= 0.6 is 69.9 Å². The topological polar surface area (TPSA) is 105 Å². The smallest absolute Gasteiger partial charge is 0.153 e. The lowest BCUT2D eigenvalue weighted by Crippen LogP contribution is -2.03. The number of hydrogen-bond donors (Lipinski definition) is 0. The van der Waals surface area contributed by atoms with Crippen molar-refractivity contribution in [3.05, 3.63) is 103 Å². The second-order valence-electron chi connectivity index (χ2n) is 14.5. The molecular formula is C50H60Cl4O8S4. The largest absolute Gasteiger partial charge is 0.494 e. The van der Waals surface area contributed by atoms with E-state index >= 15 is 0 Å². The van der Waals surface area contributed by atoms with Crippen LogP contribution in [0.4, 0.5) is 0 Å². The van der Waals surface area contributed by atoms with Gasteiger partial charge in [-0.15, -0.1) is 23.5 Å². The van der Waals surface area contributed by atoms with Gasteiger partial charge in [-0.1, -0.05) is 86.3 Å². The lowest BCUT2D eigenvalue weighted by atomic mass is 9.95. The lowest BCUT2D eigenvalue weighted by molar-refractivity contribution is -0.117. The number of benzene rings is 4. The molecule has 0 amide bonds. The highest BCUT2D eigenvalue weighted by Crippen LogP contribution is 2.44. The molecule has 360 valence electrons. The van der Waals surface area contributed by atoms with E-state index in [0.717, 1.165) is 67.5 Å². The molecule has 0 aliphatic carbocycles. The zero-order valence-electron chi connectivity index (χ0n) is 39.3. The van der Waals surface area contributed by atoms with Gasteiger partial charge in [0.25, 0.3) is 0 Å². The van der Waals surface area contributed by atoms with Crippen LogP contribution < -0.4 is 18.9 Å². The summed E-state index contributed by atoms with van der Waals surface area (Å²) in [5, 5.41) is 1.81. The second kappa shape index (κ2) is 29.2. The van der Waals surface area contributed by atoms with Crippen molar-refractivity contribution >= 4 is 114 Å². The SMILES string of the molecule is CCS(=O)c1cc(C(=CCCCC(C)=O)c2cc(Cl)c(OC)c(S(=O)CC)c2)cc(Cl)c1OC.CCSc1cc(C(=CCCCC(C)=O)c2cc(Cl)c(OC)c(SCC)c2)cc(Cl)c1OC. The number of allylic oxidation sites excluding steroid dienone is 2. The van der Waals surface area contributed by atoms with Crippen molar-refractivity contribution in [2.75, 3.05) is 51.5 Å². The van der Waals surface area contributed by atoms with Crippen molar-refractivity contribution in [1.29, 1.82) is 0 Å². The molecule has 8 nitrogen and oxygen atoms in total. The molecule has 0 N–H and O–H groups in total. The number of rotatable bonds is 24. The minimum Gasteiger partial charge on any atom is -0.494 e. The summed E-state index contributed by atoms with van der Waals surface area (Å²) in [5.74, 6) is 5.06. The Hall–Kier alpha value is -2.94. The van der Waals surface area contributed by atoms with Gasteiger partial charge in [-0.25, -0.2) is 0 Å². The predicted octanol–water partition coefficient (Wildman–Crippen LogP) is 14.9. The molecule has 0 heterocycles. The van der Waals surface area contributed by atoms with E-state index in [0.29, 0.717) is 90.1 Å². The molecule has 16 heteroatoms. The number of carbonyl (C=O) groups excluding carboxylic acids is 2. The fourth-order valence-electron chi connectivity index (χ4n) is 6.86. The summed E-state index contributed by atoms with van der Waals surface area (Å²) in [6.45, 7) is 11.0. The molecule has 66 heavy (non-hydrogen) atoms. The summed E-state index contributed by atoms with van der Waals surface area (Å²) in [6, 6.07) is 15.2. The third-order valence-electron chi connectivity index (χ3n) is 9.88. The van der Waals surface area contributed by atoms with Crippen LogP contribution in [0.5, 0.6) is 23.0 Å². The molecule has 4 aromatic rings. The van der Waals surface area contributed by atoms with Gasteiger partial charge in [-0.3, -0.25) is 8.42 Å². The number of ketones is 2. The molecule has 0 saturated heterocycles. The van der Waals surface area contributed by atoms with E-state index in [-0.39, 0.29) is 11.6 Å². The van der Waals surface area contributed by atoms with Crippen LogP contribution in [0.3, 0.4) is 0 Å². The van der Waals surface area contributed by atoms with Crippen LogP contribution in [0.15, 0.2) is 80.3 Å². The molecule has 4 aromatic carbocycles. The first-order valence-electron chi connectivity index (χ1n) is 21.5. The standard InChI is InChI=1S/C25H30Cl2O5S2.C25H30Cl2O3S2/c1-6-33(29)22-14-17(12-20(26)24(22)31-4)19(11-9-8-10-16(3)28)18-13-21(27)25(32-5)23(15-18)34(30)7-2;1-6-31-22-14-17(12-20(26)24(22)29-4)19(11-9-8-10-16(3)28)18-13-21(27)25(30-5)23(15-18)32-7-2/h11-15H,6-10H2,1-5H3;11-15H,6-10H2,1-5H3. The molecule has 2 atom stereocenters. The normalized spacial score (nSPS) is 11.7. The molecular weight excluding hydrogens is 999 g/mol. The van der Waals surface area contributed by atoms with E-state index in [1.165, 1.54) is 14.2 Å². The average Bonchev–Trinajstić information content (AvgIpc) is 3.28. The van der Waals surface area contributed by atoms with Gasteiger partial charge in [0.15, 0.2) is 23.0 Å². The van der Waals surface area contributed by atoms with E-state index in [1.54, 1.807) is 75.9 Å². The van der Waals surface area contributed by atoms with E-state index in [1.807, 2.05) is 32.1 Å². The molecule has 0 radical (unpaired) electrons. The number of ether oxygens (including phenoxy) is 4. The molecule has 0 bridgehead atoms. The maximum atomic E-state index is 12.7. The van der Waals surface area contributed by atoms with Crippen molar-refractivity contribution in [1.82, 2.24) is 0 Å². The summed E-state index contributed by atoms with van der Waals surface area (Å²) in [6.07, 6.45) is 8.05. The van der Waals surface area contributed by atoms with Gasteiger partial charge in [-0.05, 0) is 133 Å². The summed E-state index contributed by atoms with van der Waals surface area (Å²) in [7, 11) is 3.64. The highest BCUT2D eigenvalue weighted by atomic mass is 35.5. The van der Waals surface area contributed by atoms with Crippen LogP contribution in [0.1, 0.15) is 102 Å².